The predicted molar refractivity (Wildman–Crippen MR) is 118 cm³/mol. The van der Waals surface area contributed by atoms with Gasteiger partial charge in [0.25, 0.3) is 0 Å². The number of rotatable bonds is 10. The molecule has 2 aliphatic rings. The van der Waals surface area contributed by atoms with Crippen molar-refractivity contribution in [3.8, 4) is 0 Å². The summed E-state index contributed by atoms with van der Waals surface area (Å²) in [5, 5.41) is 0. The van der Waals surface area contributed by atoms with Gasteiger partial charge in [0.1, 0.15) is 0 Å². The summed E-state index contributed by atoms with van der Waals surface area (Å²) in [4.78, 5) is 0. The van der Waals surface area contributed by atoms with Crippen LogP contribution < -0.4 is 0 Å². The molecular weight excluding hydrogens is 508 g/mol. The molecule has 148 valence electrons. The molecule has 3 heteroatoms. The molecule has 0 spiro atoms. The molecule has 0 atom stereocenters. The molecule has 0 aromatic heterocycles. The minimum absolute atomic E-state index is 0.463. The summed E-state index contributed by atoms with van der Waals surface area (Å²) >= 11 is 0.790. The maximum absolute atomic E-state index is 2.46. The number of nitrogens with zero attached hydrogens (tertiary/aromatic N) is 1. The molecule has 0 N–H and O–H groups in total. The molecule has 0 aliphatic heterocycles. The molecule has 0 amide bonds. The van der Waals surface area contributed by atoms with Gasteiger partial charge in [0.05, 0.1) is 0 Å². The second kappa shape index (κ2) is 14.6. The summed E-state index contributed by atoms with van der Waals surface area (Å²) in [6, 6.07) is 1.47. The first-order valence-electron chi connectivity index (χ1n) is 11.0. The summed E-state index contributed by atoms with van der Waals surface area (Å²) in [5.41, 5.74) is 3.42. The van der Waals surface area contributed by atoms with Crippen LogP contribution in [0.4, 0.5) is 0 Å². The number of allylic oxidation sites excluding steroid dienone is 8. The molecule has 0 saturated carbocycles. The van der Waals surface area contributed by atoms with E-state index in [1.807, 2.05) is 6.56 Å². The molecule has 1 nitrogen and oxygen atoms in total. The van der Waals surface area contributed by atoms with E-state index in [9.17, 15) is 0 Å². The predicted octanol–water partition coefficient (Wildman–Crippen LogP) is 7.07. The molecule has 0 aromatic rings. The molecule has 2 rings (SSSR count). The maximum atomic E-state index is 2.46. The van der Waals surface area contributed by atoms with E-state index in [2.05, 4.69) is 68.7 Å². The van der Waals surface area contributed by atoms with E-state index in [0.29, 0.717) is 0 Å². The van der Waals surface area contributed by atoms with Crippen molar-refractivity contribution in [3.63, 3.8) is 0 Å². The van der Waals surface area contributed by atoms with Gasteiger partial charge < -0.3 is 0 Å². The van der Waals surface area contributed by atoms with Gasteiger partial charge in [-0.05, 0) is 0 Å². The third kappa shape index (κ3) is 9.82. The van der Waals surface area contributed by atoms with Crippen molar-refractivity contribution in [1.29, 1.82) is 0 Å². The number of hydrogen-bond acceptors (Lipinski definition) is 1. The fourth-order valence-electron chi connectivity index (χ4n) is 3.35. The molecule has 0 heterocycles. The van der Waals surface area contributed by atoms with Gasteiger partial charge in [0.15, 0.2) is 0 Å². The normalized spacial score (nSPS) is 16.2. The van der Waals surface area contributed by atoms with Crippen molar-refractivity contribution in [2.24, 2.45) is 0 Å². The van der Waals surface area contributed by atoms with E-state index in [1.54, 1.807) is 11.1 Å². The van der Waals surface area contributed by atoms with E-state index in [0.717, 1.165) is 12.1 Å². The first-order valence-corrected chi connectivity index (χ1v) is 14.9. The van der Waals surface area contributed by atoms with Crippen LogP contribution in [0.2, 0.25) is 0 Å². The first-order chi connectivity index (χ1) is 12.9. The van der Waals surface area contributed by atoms with Gasteiger partial charge in [0.2, 0.25) is 0 Å². The monoisotopic (exact) mass is 547 g/mol. The molecule has 2 aliphatic carbocycles. The zero-order valence-corrected chi connectivity index (χ0v) is 24.4. The average Bonchev–Trinajstić information content (AvgIpc) is 3.27. The molecular formula is C24H40InNZr. The Kier molecular flexibility index (Phi) is 13.9. The van der Waals surface area contributed by atoms with E-state index in [1.165, 1.54) is 76.0 Å². The molecule has 0 fully saturated rings. The Morgan fingerprint density at radius 2 is 1.26 bits per heavy atom. The van der Waals surface area contributed by atoms with Crippen LogP contribution in [0.25, 0.3) is 0 Å². The summed E-state index contributed by atoms with van der Waals surface area (Å²) in [5.74, 6) is 0. The Bertz CT molecular complexity index is 507. The molecule has 27 heavy (non-hydrogen) atoms. The number of hydrogen-bond donors (Lipinski definition) is 0. The molecule has 0 saturated heterocycles. The van der Waals surface area contributed by atoms with Crippen molar-refractivity contribution in [2.45, 2.75) is 105 Å². The van der Waals surface area contributed by atoms with Gasteiger partial charge in [-0.1, -0.05) is 0 Å². The Morgan fingerprint density at radius 3 is 1.56 bits per heavy atom. The third-order valence-electron chi connectivity index (χ3n) is 5.15. The van der Waals surface area contributed by atoms with Gasteiger partial charge >= 0.3 is 198 Å². The molecule has 0 aromatic carbocycles. The van der Waals surface area contributed by atoms with Crippen LogP contribution in [0.5, 0.6) is 0 Å². The van der Waals surface area contributed by atoms with Gasteiger partial charge in [-0.3, -0.25) is 0 Å². The second-order valence-electron chi connectivity index (χ2n) is 8.19. The van der Waals surface area contributed by atoms with Crippen LogP contribution in [0.1, 0.15) is 92.9 Å². The Balaban J connectivity index is 0.000000387. The Hall–Kier alpha value is 0.673. The molecule has 2 radical (unpaired) electrons. The zero-order chi connectivity index (χ0) is 20.2. The van der Waals surface area contributed by atoms with Gasteiger partial charge in [-0.2, -0.15) is 0 Å². The van der Waals surface area contributed by atoms with E-state index in [4.69, 9.17) is 0 Å². The van der Waals surface area contributed by atoms with Crippen molar-refractivity contribution in [1.82, 2.24) is 2.89 Å². The average molecular weight is 549 g/mol. The second-order valence-corrected chi connectivity index (χ2v) is 13.5. The van der Waals surface area contributed by atoms with Crippen molar-refractivity contribution < 1.29 is 23.2 Å². The van der Waals surface area contributed by atoms with Crippen LogP contribution in [-0.4, -0.2) is 39.6 Å². The van der Waals surface area contributed by atoms with E-state index in [-0.39, 0.29) is 0 Å². The molecule has 0 bridgehead atoms. The summed E-state index contributed by atoms with van der Waals surface area (Å²) in [7, 11) is 0. The third-order valence-corrected chi connectivity index (χ3v) is 12.6. The van der Waals surface area contributed by atoms with Gasteiger partial charge in [-0.15, -0.1) is 0 Å². The summed E-state index contributed by atoms with van der Waals surface area (Å²) < 4.78 is 6.19. The summed E-state index contributed by atoms with van der Waals surface area (Å²) in [6.07, 6.45) is 20.2. The van der Waals surface area contributed by atoms with Crippen LogP contribution >= 0.6 is 0 Å². The Morgan fingerprint density at radius 1 is 0.852 bits per heavy atom. The minimum atomic E-state index is -0.463. The fourth-order valence-corrected chi connectivity index (χ4v) is 7.14. The topological polar surface area (TPSA) is 3.24 Å². The van der Waals surface area contributed by atoms with Gasteiger partial charge in [-0.25, -0.2) is 0 Å². The fraction of sp³-hybridized carbons (Fsp3) is 0.667. The van der Waals surface area contributed by atoms with Gasteiger partial charge in [0, 0.05) is 0 Å². The van der Waals surface area contributed by atoms with E-state index < -0.39 is 23.2 Å². The quantitative estimate of drug-likeness (QED) is 0.282. The summed E-state index contributed by atoms with van der Waals surface area (Å²) in [6.45, 7) is 13.6. The van der Waals surface area contributed by atoms with Crippen molar-refractivity contribution in [2.75, 3.05) is 0 Å². The SMILES string of the molecule is CC(C)[N]([In])C(C)C.CCCCC1=[C]([Zr][C]2=C(CCCC)C=CC2)CC=C1. The van der Waals surface area contributed by atoms with Crippen LogP contribution in [0, 0.1) is 0 Å². The standard InChI is InChI=1S/2C9H13.C6H14N.In.Zr/c2*1-2-3-6-9-7-4-5-8-9;1-5(2)7-6(3)4;;/h2*4,7H,2-3,5-6H2,1H3;5-6H,1-4H3;;/q;;-1;+1;. The van der Waals surface area contributed by atoms with Crippen LogP contribution in [-0.2, 0) is 23.2 Å². The van der Waals surface area contributed by atoms with Crippen LogP contribution in [0.15, 0.2) is 42.0 Å². The Labute approximate surface area is 196 Å². The van der Waals surface area contributed by atoms with E-state index >= 15 is 0 Å². The van der Waals surface area contributed by atoms with Crippen molar-refractivity contribution in [3.05, 3.63) is 42.0 Å². The molecule has 0 unspecified atom stereocenters. The number of unbranched alkanes of at least 4 members (excludes halogenated alkanes) is 2. The zero-order valence-electron chi connectivity index (χ0n) is 18.6. The van der Waals surface area contributed by atoms with Crippen LogP contribution in [0.3, 0.4) is 0 Å². The first kappa shape index (κ1) is 25.7. The van der Waals surface area contributed by atoms with Crippen molar-refractivity contribution >= 4 is 24.7 Å².